The third-order valence-electron chi connectivity index (χ3n) is 5.76. The smallest absolute Gasteiger partial charge is 0.262 e. The molecule has 2 aliphatic rings. The number of β-lactam (4-membered cyclic amide) rings is 1. The Morgan fingerprint density at radius 3 is 1.94 bits per heavy atom. The summed E-state index contributed by atoms with van der Waals surface area (Å²) >= 11 is 12.6. The molecule has 0 aromatic heterocycles. The summed E-state index contributed by atoms with van der Waals surface area (Å²) in [6, 6.07) is 17.4. The monoisotopic (exact) mass is 450 g/mol. The molecule has 1 saturated heterocycles. The van der Waals surface area contributed by atoms with Gasteiger partial charge in [0.1, 0.15) is 6.04 Å². The maximum Gasteiger partial charge on any atom is 0.262 e. The minimum atomic E-state index is -0.993. The molecule has 31 heavy (non-hydrogen) atoms. The number of benzene rings is 3. The maximum absolute atomic E-state index is 13.3. The number of hydrogen-bond donors (Lipinski definition) is 0. The number of rotatable bonds is 3. The SMILES string of the molecule is Cc1ccc(N2C(=O)[C@@H](N3C(=O)c4ccccc4C3=O)[C@@H]2c2ccc(Cl)cc2Cl)cc1. The standard InChI is InChI=1S/C24H16Cl2N2O3/c1-13-6-9-15(10-7-13)27-20(18-11-8-14(25)12-19(18)26)21(24(27)31)28-22(29)16-4-2-3-5-17(16)23(28)30/h2-12,20-21H,1H3/t20-,21-/m0/s1. The van der Waals surface area contributed by atoms with E-state index in [1.54, 1.807) is 47.4 Å². The molecule has 0 radical (unpaired) electrons. The zero-order chi connectivity index (χ0) is 21.9. The van der Waals surface area contributed by atoms with Gasteiger partial charge in [0.05, 0.1) is 17.2 Å². The maximum atomic E-state index is 13.3. The molecule has 0 unspecified atom stereocenters. The van der Waals surface area contributed by atoms with Gasteiger partial charge in [-0.3, -0.25) is 19.3 Å². The van der Waals surface area contributed by atoms with Crippen LogP contribution in [0.3, 0.4) is 0 Å². The first-order valence-corrected chi connectivity index (χ1v) is 10.5. The third-order valence-corrected chi connectivity index (χ3v) is 6.33. The molecule has 3 amide bonds. The Kier molecular flexibility index (Phi) is 4.61. The number of hydrogen-bond acceptors (Lipinski definition) is 3. The Bertz CT molecular complexity index is 1220. The van der Waals surface area contributed by atoms with Crippen LogP contribution in [0.15, 0.2) is 66.7 Å². The van der Waals surface area contributed by atoms with E-state index in [-0.39, 0.29) is 5.91 Å². The number of carbonyl (C=O) groups excluding carboxylic acids is 3. The lowest BCUT2D eigenvalue weighted by atomic mass is 9.86. The quantitative estimate of drug-likeness (QED) is 0.414. The molecular weight excluding hydrogens is 435 g/mol. The molecule has 3 aromatic rings. The highest BCUT2D eigenvalue weighted by molar-refractivity contribution is 6.35. The van der Waals surface area contributed by atoms with Crippen LogP contribution in [0.2, 0.25) is 10.0 Å². The lowest BCUT2D eigenvalue weighted by Gasteiger charge is -2.50. The number of anilines is 1. The van der Waals surface area contributed by atoms with E-state index in [0.29, 0.717) is 32.4 Å². The fraction of sp³-hybridized carbons (Fsp3) is 0.125. The van der Waals surface area contributed by atoms with Crippen LogP contribution in [0.25, 0.3) is 0 Å². The van der Waals surface area contributed by atoms with Crippen molar-refractivity contribution < 1.29 is 14.4 Å². The Morgan fingerprint density at radius 1 is 0.742 bits per heavy atom. The molecule has 0 saturated carbocycles. The van der Waals surface area contributed by atoms with Crippen LogP contribution in [-0.4, -0.2) is 28.7 Å². The minimum Gasteiger partial charge on any atom is -0.300 e. The van der Waals surface area contributed by atoms with Crippen LogP contribution in [-0.2, 0) is 4.79 Å². The van der Waals surface area contributed by atoms with Crippen molar-refractivity contribution in [2.75, 3.05) is 4.90 Å². The van der Waals surface area contributed by atoms with Crippen molar-refractivity contribution in [3.63, 3.8) is 0 Å². The van der Waals surface area contributed by atoms with E-state index in [2.05, 4.69) is 0 Å². The number of imide groups is 1. The van der Waals surface area contributed by atoms with Gasteiger partial charge in [0, 0.05) is 15.7 Å². The highest BCUT2D eigenvalue weighted by Gasteiger charge is 2.57. The van der Waals surface area contributed by atoms with Crippen molar-refractivity contribution >= 4 is 46.6 Å². The van der Waals surface area contributed by atoms with E-state index in [1.807, 2.05) is 31.2 Å². The van der Waals surface area contributed by atoms with Crippen LogP contribution in [0.4, 0.5) is 5.69 Å². The number of amides is 3. The van der Waals surface area contributed by atoms with Gasteiger partial charge in [-0.15, -0.1) is 0 Å². The average molecular weight is 451 g/mol. The zero-order valence-electron chi connectivity index (χ0n) is 16.4. The molecule has 0 aliphatic carbocycles. The lowest BCUT2D eigenvalue weighted by molar-refractivity contribution is -0.130. The molecular formula is C24H16Cl2N2O3. The number of aryl methyl sites for hydroxylation is 1. The molecule has 2 atom stereocenters. The second kappa shape index (κ2) is 7.22. The van der Waals surface area contributed by atoms with Gasteiger partial charge in [-0.2, -0.15) is 0 Å². The molecule has 0 bridgehead atoms. The molecule has 0 N–H and O–H groups in total. The fourth-order valence-corrected chi connectivity index (χ4v) is 4.75. The normalized spacial score (nSPS) is 20.2. The highest BCUT2D eigenvalue weighted by atomic mass is 35.5. The molecule has 3 aromatic carbocycles. The summed E-state index contributed by atoms with van der Waals surface area (Å²) in [4.78, 5) is 42.1. The Morgan fingerprint density at radius 2 is 1.35 bits per heavy atom. The third kappa shape index (κ3) is 2.96. The zero-order valence-corrected chi connectivity index (χ0v) is 17.9. The van der Waals surface area contributed by atoms with Crippen molar-refractivity contribution in [1.82, 2.24) is 4.90 Å². The van der Waals surface area contributed by atoms with Crippen LogP contribution in [0.5, 0.6) is 0 Å². The van der Waals surface area contributed by atoms with E-state index in [1.165, 1.54) is 0 Å². The number of carbonyl (C=O) groups is 3. The van der Waals surface area contributed by atoms with Gasteiger partial charge >= 0.3 is 0 Å². The van der Waals surface area contributed by atoms with Gasteiger partial charge in [-0.05, 0) is 48.9 Å². The summed E-state index contributed by atoms with van der Waals surface area (Å²) in [6.07, 6.45) is 0. The van der Waals surface area contributed by atoms with Crippen molar-refractivity contribution in [2.45, 2.75) is 19.0 Å². The molecule has 2 heterocycles. The second-order valence-electron chi connectivity index (χ2n) is 7.63. The number of nitrogens with zero attached hydrogens (tertiary/aromatic N) is 2. The molecule has 1 fully saturated rings. The summed E-state index contributed by atoms with van der Waals surface area (Å²) in [7, 11) is 0. The van der Waals surface area contributed by atoms with Crippen molar-refractivity contribution in [2.24, 2.45) is 0 Å². The predicted octanol–water partition coefficient (Wildman–Crippen LogP) is 5.05. The summed E-state index contributed by atoms with van der Waals surface area (Å²) < 4.78 is 0. The van der Waals surface area contributed by atoms with E-state index in [0.717, 1.165) is 10.5 Å². The largest absolute Gasteiger partial charge is 0.300 e. The number of fused-ring (bicyclic) bond motifs is 1. The van der Waals surface area contributed by atoms with Gasteiger partial charge in [-0.25, -0.2) is 0 Å². The predicted molar refractivity (Wildman–Crippen MR) is 119 cm³/mol. The summed E-state index contributed by atoms with van der Waals surface area (Å²) in [6.45, 7) is 1.96. The van der Waals surface area contributed by atoms with Gasteiger partial charge < -0.3 is 4.90 Å². The molecule has 2 aliphatic heterocycles. The fourth-order valence-electron chi connectivity index (χ4n) is 4.23. The lowest BCUT2D eigenvalue weighted by Crippen LogP contribution is -2.67. The highest BCUT2D eigenvalue weighted by Crippen LogP contribution is 2.46. The van der Waals surface area contributed by atoms with E-state index in [9.17, 15) is 14.4 Å². The van der Waals surface area contributed by atoms with Crippen molar-refractivity contribution in [3.8, 4) is 0 Å². The van der Waals surface area contributed by atoms with E-state index >= 15 is 0 Å². The van der Waals surface area contributed by atoms with Gasteiger partial charge in [0.15, 0.2) is 0 Å². The first-order valence-electron chi connectivity index (χ1n) is 9.70. The average Bonchev–Trinajstić information content (AvgIpc) is 2.99. The van der Waals surface area contributed by atoms with Crippen LogP contribution in [0.1, 0.15) is 37.9 Å². The van der Waals surface area contributed by atoms with E-state index in [4.69, 9.17) is 23.2 Å². The topological polar surface area (TPSA) is 57.7 Å². The summed E-state index contributed by atoms with van der Waals surface area (Å²) in [5.41, 5.74) is 2.94. The van der Waals surface area contributed by atoms with Gasteiger partial charge in [-0.1, -0.05) is 59.1 Å². The summed E-state index contributed by atoms with van der Waals surface area (Å²) in [5.74, 6) is -1.29. The minimum absolute atomic E-state index is 0.301. The first-order chi connectivity index (χ1) is 14.9. The number of halogens is 2. The molecule has 5 rings (SSSR count). The van der Waals surface area contributed by atoms with Gasteiger partial charge in [0.25, 0.3) is 17.7 Å². The Labute approximate surface area is 188 Å². The van der Waals surface area contributed by atoms with Crippen LogP contribution >= 0.6 is 23.2 Å². The van der Waals surface area contributed by atoms with Crippen molar-refractivity contribution in [1.29, 1.82) is 0 Å². The Balaban J connectivity index is 1.61. The van der Waals surface area contributed by atoms with Crippen LogP contribution < -0.4 is 4.90 Å². The van der Waals surface area contributed by atoms with Crippen LogP contribution in [0, 0.1) is 6.92 Å². The molecule has 5 nitrogen and oxygen atoms in total. The van der Waals surface area contributed by atoms with Crippen molar-refractivity contribution in [3.05, 3.63) is 99.0 Å². The summed E-state index contributed by atoms with van der Waals surface area (Å²) in [5, 5.41) is 0.822. The Hall–Kier alpha value is -3.15. The second-order valence-corrected chi connectivity index (χ2v) is 8.47. The molecule has 0 spiro atoms. The van der Waals surface area contributed by atoms with E-state index < -0.39 is 23.9 Å². The first kappa shape index (κ1) is 19.8. The molecule has 7 heteroatoms. The molecule has 154 valence electrons. The van der Waals surface area contributed by atoms with Gasteiger partial charge in [0.2, 0.25) is 0 Å².